The highest BCUT2D eigenvalue weighted by Gasteiger charge is 2.37. The number of urea groups is 1. The van der Waals surface area contributed by atoms with Crippen LogP contribution in [0.25, 0.3) is 6.08 Å². The Balaban J connectivity index is 1.96. The predicted octanol–water partition coefficient (Wildman–Crippen LogP) is 4.48. The van der Waals surface area contributed by atoms with Gasteiger partial charge in [0.1, 0.15) is 5.57 Å². The van der Waals surface area contributed by atoms with Crippen LogP contribution in [0.3, 0.4) is 0 Å². The molecule has 2 aromatic carbocycles. The Morgan fingerprint density at radius 2 is 1.74 bits per heavy atom. The van der Waals surface area contributed by atoms with Crippen LogP contribution in [0.15, 0.2) is 46.4 Å². The molecule has 1 heterocycles. The Kier molecular flexibility index (Phi) is 8.64. The largest absolute Gasteiger partial charge is 0.490 e. The van der Waals surface area contributed by atoms with Crippen molar-refractivity contribution in [3.8, 4) is 11.5 Å². The number of hydrogen-bond donors (Lipinski definition) is 1. The number of rotatable bonds is 9. The molecule has 0 aromatic heterocycles. The molecule has 0 bridgehead atoms. The minimum Gasteiger partial charge on any atom is -0.490 e. The molecule has 0 saturated carbocycles. The third-order valence-electron chi connectivity index (χ3n) is 4.83. The van der Waals surface area contributed by atoms with Crippen LogP contribution < -0.4 is 19.7 Å². The number of imide groups is 2. The number of esters is 1. The molecule has 1 aliphatic rings. The van der Waals surface area contributed by atoms with Crippen molar-refractivity contribution >= 4 is 51.5 Å². The monoisotopic (exact) mass is 544 g/mol. The van der Waals surface area contributed by atoms with Crippen LogP contribution in [0.2, 0.25) is 0 Å². The van der Waals surface area contributed by atoms with Gasteiger partial charge in [-0.2, -0.15) is 0 Å². The lowest BCUT2D eigenvalue weighted by atomic mass is 10.1. The summed E-state index contributed by atoms with van der Waals surface area (Å²) < 4.78 is 17.0. The van der Waals surface area contributed by atoms with Gasteiger partial charge in [-0.1, -0.05) is 6.92 Å². The molecule has 0 unspecified atom stereocenters. The highest BCUT2D eigenvalue weighted by molar-refractivity contribution is 9.10. The summed E-state index contributed by atoms with van der Waals surface area (Å²) in [6.45, 7) is 6.60. The molecular weight excluding hydrogens is 520 g/mol. The number of carbonyl (C=O) groups excluding carboxylic acids is 4. The van der Waals surface area contributed by atoms with E-state index in [9.17, 15) is 19.2 Å². The van der Waals surface area contributed by atoms with Gasteiger partial charge in [-0.25, -0.2) is 14.5 Å². The summed E-state index contributed by atoms with van der Waals surface area (Å²) in [6, 6.07) is 8.20. The summed E-state index contributed by atoms with van der Waals surface area (Å²) in [5.74, 6) is -1.17. The molecule has 3 rings (SSSR count). The van der Waals surface area contributed by atoms with Crippen LogP contribution in [0.5, 0.6) is 11.5 Å². The van der Waals surface area contributed by atoms with Gasteiger partial charge in [0.2, 0.25) is 0 Å². The molecule has 0 radical (unpaired) electrons. The molecule has 10 heteroatoms. The Hall–Kier alpha value is -3.66. The molecule has 4 amide bonds. The van der Waals surface area contributed by atoms with E-state index in [4.69, 9.17) is 14.2 Å². The van der Waals surface area contributed by atoms with Crippen molar-refractivity contribution in [2.75, 3.05) is 24.7 Å². The van der Waals surface area contributed by atoms with Crippen LogP contribution in [0.4, 0.5) is 10.5 Å². The van der Waals surface area contributed by atoms with Crippen molar-refractivity contribution in [2.45, 2.75) is 27.2 Å². The quantitative estimate of drug-likeness (QED) is 0.281. The van der Waals surface area contributed by atoms with E-state index in [-0.39, 0.29) is 23.4 Å². The summed E-state index contributed by atoms with van der Waals surface area (Å²) in [5, 5.41) is 2.18. The summed E-state index contributed by atoms with van der Waals surface area (Å²) in [5.41, 5.74) is 0.717. The predicted molar refractivity (Wildman–Crippen MR) is 132 cm³/mol. The van der Waals surface area contributed by atoms with Gasteiger partial charge < -0.3 is 14.2 Å². The van der Waals surface area contributed by atoms with Crippen molar-refractivity contribution in [3.05, 3.63) is 57.6 Å². The first kappa shape index (κ1) is 26.0. The van der Waals surface area contributed by atoms with E-state index in [2.05, 4.69) is 21.2 Å². The fourth-order valence-electron chi connectivity index (χ4n) is 3.30. The van der Waals surface area contributed by atoms with Gasteiger partial charge in [-0.15, -0.1) is 0 Å². The van der Waals surface area contributed by atoms with Crippen LogP contribution in [-0.4, -0.2) is 43.6 Å². The first-order valence-electron chi connectivity index (χ1n) is 11.1. The number of nitrogens with zero attached hydrogens (tertiary/aromatic N) is 1. The molecule has 0 spiro atoms. The number of amides is 4. The van der Waals surface area contributed by atoms with E-state index in [1.807, 2.05) is 13.8 Å². The number of carbonyl (C=O) groups is 4. The van der Waals surface area contributed by atoms with Crippen molar-refractivity contribution in [1.82, 2.24) is 5.32 Å². The van der Waals surface area contributed by atoms with Gasteiger partial charge in [0.15, 0.2) is 11.5 Å². The highest BCUT2D eigenvalue weighted by atomic mass is 79.9. The van der Waals surface area contributed by atoms with Crippen molar-refractivity contribution in [2.24, 2.45) is 0 Å². The maximum atomic E-state index is 13.2. The van der Waals surface area contributed by atoms with Gasteiger partial charge >= 0.3 is 12.0 Å². The lowest BCUT2D eigenvalue weighted by molar-refractivity contribution is -0.122. The maximum absolute atomic E-state index is 13.2. The number of anilines is 1. The summed E-state index contributed by atoms with van der Waals surface area (Å²) >= 11 is 3.46. The smallest absolute Gasteiger partial charge is 0.338 e. The second-order valence-electron chi connectivity index (χ2n) is 7.34. The Morgan fingerprint density at radius 1 is 1.03 bits per heavy atom. The number of hydrogen-bond acceptors (Lipinski definition) is 7. The summed E-state index contributed by atoms with van der Waals surface area (Å²) in [4.78, 5) is 50.9. The Bertz CT molecular complexity index is 1180. The molecule has 35 heavy (non-hydrogen) atoms. The SMILES string of the molecule is CCCOc1c(Br)cc(/C=C2\C(=O)NC(=O)N(c3ccc(C(=O)OCC)cc3)C2=O)cc1OCC. The number of ether oxygens (including phenoxy) is 3. The second-order valence-corrected chi connectivity index (χ2v) is 8.19. The molecule has 0 atom stereocenters. The highest BCUT2D eigenvalue weighted by Crippen LogP contribution is 2.38. The van der Waals surface area contributed by atoms with Gasteiger partial charge in [-0.05, 0) is 84.2 Å². The standard InChI is InChI=1S/C25H25BrN2O7/c1-4-11-35-21-19(26)13-15(14-20(21)33-5-2)12-18-22(29)27-25(32)28(23(18)30)17-9-7-16(8-10-17)24(31)34-6-3/h7-10,12-14H,4-6,11H2,1-3H3,(H,27,29,32)/b18-12+. The lowest BCUT2D eigenvalue weighted by Gasteiger charge is -2.26. The molecule has 1 N–H and O–H groups in total. The van der Waals surface area contributed by atoms with Crippen LogP contribution >= 0.6 is 15.9 Å². The average Bonchev–Trinajstić information content (AvgIpc) is 2.82. The minimum absolute atomic E-state index is 0.193. The Morgan fingerprint density at radius 3 is 2.37 bits per heavy atom. The number of barbiturate groups is 1. The fourth-order valence-corrected chi connectivity index (χ4v) is 3.87. The zero-order chi connectivity index (χ0) is 25.5. The van der Waals surface area contributed by atoms with Gasteiger partial charge in [0.25, 0.3) is 11.8 Å². The normalized spacial score (nSPS) is 14.7. The topological polar surface area (TPSA) is 111 Å². The second kappa shape index (κ2) is 11.7. The molecule has 184 valence electrons. The van der Waals surface area contributed by atoms with E-state index in [0.717, 1.165) is 11.3 Å². The van der Waals surface area contributed by atoms with Crippen LogP contribution in [0.1, 0.15) is 43.1 Å². The first-order chi connectivity index (χ1) is 16.8. The molecular formula is C25H25BrN2O7. The number of nitrogens with one attached hydrogen (secondary N) is 1. The van der Waals surface area contributed by atoms with Gasteiger partial charge in [0, 0.05) is 0 Å². The maximum Gasteiger partial charge on any atom is 0.338 e. The molecule has 1 saturated heterocycles. The van der Waals surface area contributed by atoms with Crippen LogP contribution in [-0.2, 0) is 14.3 Å². The number of benzene rings is 2. The van der Waals surface area contributed by atoms with Crippen molar-refractivity contribution in [3.63, 3.8) is 0 Å². The zero-order valence-corrected chi connectivity index (χ0v) is 21.1. The zero-order valence-electron chi connectivity index (χ0n) is 19.6. The molecule has 0 aliphatic carbocycles. The van der Waals surface area contributed by atoms with Crippen LogP contribution in [0, 0.1) is 0 Å². The molecule has 2 aromatic rings. The van der Waals surface area contributed by atoms with Gasteiger partial charge in [-0.3, -0.25) is 14.9 Å². The molecule has 9 nitrogen and oxygen atoms in total. The molecule has 1 aliphatic heterocycles. The summed E-state index contributed by atoms with van der Waals surface area (Å²) in [6.07, 6.45) is 2.18. The third kappa shape index (κ3) is 5.89. The van der Waals surface area contributed by atoms with E-state index < -0.39 is 23.8 Å². The fraction of sp³-hybridized carbons (Fsp3) is 0.280. The van der Waals surface area contributed by atoms with Crippen molar-refractivity contribution < 1.29 is 33.4 Å². The summed E-state index contributed by atoms with van der Waals surface area (Å²) in [7, 11) is 0. The lowest BCUT2D eigenvalue weighted by Crippen LogP contribution is -2.54. The third-order valence-corrected chi connectivity index (χ3v) is 5.42. The first-order valence-corrected chi connectivity index (χ1v) is 11.9. The minimum atomic E-state index is -0.888. The van der Waals surface area contributed by atoms with Gasteiger partial charge in [0.05, 0.1) is 35.5 Å². The Labute approximate surface area is 211 Å². The van der Waals surface area contributed by atoms with E-state index in [1.54, 1.807) is 19.1 Å². The van der Waals surface area contributed by atoms with E-state index in [1.165, 1.54) is 30.3 Å². The molecule has 1 fully saturated rings. The van der Waals surface area contributed by atoms with Crippen molar-refractivity contribution in [1.29, 1.82) is 0 Å². The average molecular weight is 545 g/mol. The van der Waals surface area contributed by atoms with E-state index in [0.29, 0.717) is 34.7 Å². The number of halogens is 1. The van der Waals surface area contributed by atoms with E-state index >= 15 is 0 Å².